The van der Waals surface area contributed by atoms with E-state index >= 15 is 0 Å². The number of hydrogen-bond donors (Lipinski definition) is 1. The van der Waals surface area contributed by atoms with Crippen LogP contribution in [0.5, 0.6) is 0 Å². The van der Waals surface area contributed by atoms with E-state index in [9.17, 15) is 4.79 Å². The molecule has 0 aliphatic heterocycles. The van der Waals surface area contributed by atoms with Crippen molar-refractivity contribution in [3.05, 3.63) is 115 Å². The van der Waals surface area contributed by atoms with Crippen LogP contribution in [-0.2, 0) is 0 Å². The van der Waals surface area contributed by atoms with Crippen LogP contribution >= 0.6 is 0 Å². The first-order valence-corrected chi connectivity index (χ1v) is 10.5. The molecule has 0 saturated carbocycles. The van der Waals surface area contributed by atoms with Crippen molar-refractivity contribution in [3.8, 4) is 22.4 Å². The van der Waals surface area contributed by atoms with Crippen molar-refractivity contribution < 1.29 is 4.79 Å². The van der Waals surface area contributed by atoms with E-state index in [0.717, 1.165) is 22.4 Å². The highest BCUT2D eigenvalue weighted by Crippen LogP contribution is 2.25. The molecule has 0 aliphatic carbocycles. The Morgan fingerprint density at radius 3 is 2.16 bits per heavy atom. The molecule has 1 amide bonds. The Kier molecular flexibility index (Phi) is 5.22. The van der Waals surface area contributed by atoms with E-state index in [0.29, 0.717) is 11.2 Å². The van der Waals surface area contributed by atoms with E-state index in [1.165, 1.54) is 5.56 Å². The SMILES string of the molecule is C[C@@H](NC(=O)c1cnn2c(-c3ccc(-c4ccccc4)cc3)ccnc12)c1ccccc1. The van der Waals surface area contributed by atoms with E-state index in [1.807, 2.05) is 61.5 Å². The number of aromatic nitrogens is 3. The van der Waals surface area contributed by atoms with Gasteiger partial charge in [0, 0.05) is 11.8 Å². The summed E-state index contributed by atoms with van der Waals surface area (Å²) in [6.45, 7) is 1.96. The summed E-state index contributed by atoms with van der Waals surface area (Å²) in [7, 11) is 0. The lowest BCUT2D eigenvalue weighted by Crippen LogP contribution is -2.26. The molecule has 0 saturated heterocycles. The van der Waals surface area contributed by atoms with Crippen LogP contribution in [0.3, 0.4) is 0 Å². The van der Waals surface area contributed by atoms with Crippen LogP contribution in [0.1, 0.15) is 28.9 Å². The van der Waals surface area contributed by atoms with Crippen LogP contribution in [0.2, 0.25) is 0 Å². The van der Waals surface area contributed by atoms with Crippen molar-refractivity contribution in [3.63, 3.8) is 0 Å². The Morgan fingerprint density at radius 2 is 1.44 bits per heavy atom. The van der Waals surface area contributed by atoms with Gasteiger partial charge in [-0.05, 0) is 29.7 Å². The van der Waals surface area contributed by atoms with Gasteiger partial charge in [-0.2, -0.15) is 5.10 Å². The fourth-order valence-electron chi connectivity index (χ4n) is 3.83. The van der Waals surface area contributed by atoms with Gasteiger partial charge in [-0.25, -0.2) is 9.50 Å². The molecule has 0 spiro atoms. The number of benzene rings is 3. The second-order valence-corrected chi connectivity index (χ2v) is 7.67. The lowest BCUT2D eigenvalue weighted by atomic mass is 10.0. The standard InChI is InChI=1S/C27H22N4O/c1-19(20-8-4-2-5-9-20)30-27(32)24-18-29-31-25(16-17-28-26(24)31)23-14-12-22(13-15-23)21-10-6-3-7-11-21/h2-19H,1H3,(H,30,32)/t19-/m1/s1. The maximum atomic E-state index is 12.9. The summed E-state index contributed by atoms with van der Waals surface area (Å²) in [6.07, 6.45) is 3.30. The molecular weight excluding hydrogens is 396 g/mol. The maximum Gasteiger partial charge on any atom is 0.257 e. The van der Waals surface area contributed by atoms with Crippen LogP contribution in [0, 0.1) is 0 Å². The molecule has 5 rings (SSSR count). The smallest absolute Gasteiger partial charge is 0.257 e. The topological polar surface area (TPSA) is 59.3 Å². The molecule has 0 fully saturated rings. The van der Waals surface area contributed by atoms with E-state index < -0.39 is 0 Å². The molecule has 32 heavy (non-hydrogen) atoms. The summed E-state index contributed by atoms with van der Waals surface area (Å²) < 4.78 is 1.72. The number of nitrogens with zero attached hydrogens (tertiary/aromatic N) is 3. The Balaban J connectivity index is 1.44. The molecule has 0 bridgehead atoms. The second kappa shape index (κ2) is 8.47. The van der Waals surface area contributed by atoms with Crippen LogP contribution < -0.4 is 5.32 Å². The summed E-state index contributed by atoms with van der Waals surface area (Å²) >= 11 is 0. The Morgan fingerprint density at radius 1 is 0.812 bits per heavy atom. The van der Waals surface area contributed by atoms with E-state index in [4.69, 9.17) is 0 Å². The van der Waals surface area contributed by atoms with E-state index in [2.05, 4.69) is 51.8 Å². The zero-order chi connectivity index (χ0) is 21.9. The molecule has 0 unspecified atom stereocenters. The predicted octanol–water partition coefficient (Wildman–Crippen LogP) is 5.55. The van der Waals surface area contributed by atoms with Crippen LogP contribution in [0.15, 0.2) is 103 Å². The molecule has 1 atom stereocenters. The molecule has 3 aromatic carbocycles. The number of amides is 1. The van der Waals surface area contributed by atoms with Crippen molar-refractivity contribution in [2.45, 2.75) is 13.0 Å². The fraction of sp³-hybridized carbons (Fsp3) is 0.0741. The number of hydrogen-bond acceptors (Lipinski definition) is 3. The number of carbonyl (C=O) groups excluding carboxylic acids is 1. The Labute approximate surface area is 186 Å². The number of carbonyl (C=O) groups is 1. The van der Waals surface area contributed by atoms with Crippen molar-refractivity contribution >= 4 is 11.6 Å². The minimum Gasteiger partial charge on any atom is -0.345 e. The number of nitrogens with one attached hydrogen (secondary N) is 1. The molecule has 156 valence electrons. The average molecular weight is 419 g/mol. The third kappa shape index (κ3) is 3.76. The first kappa shape index (κ1) is 19.7. The Hall–Kier alpha value is -4.25. The number of rotatable bonds is 5. The third-order valence-corrected chi connectivity index (χ3v) is 5.58. The summed E-state index contributed by atoms with van der Waals surface area (Å²) in [5, 5.41) is 7.51. The van der Waals surface area contributed by atoms with Gasteiger partial charge in [0.25, 0.3) is 5.91 Å². The number of fused-ring (bicyclic) bond motifs is 1. The van der Waals surface area contributed by atoms with Crippen LogP contribution in [0.4, 0.5) is 0 Å². The second-order valence-electron chi connectivity index (χ2n) is 7.67. The molecule has 5 nitrogen and oxygen atoms in total. The average Bonchev–Trinajstić information content (AvgIpc) is 3.30. The highest BCUT2D eigenvalue weighted by atomic mass is 16.1. The molecule has 0 aliphatic rings. The van der Waals surface area contributed by atoms with Gasteiger partial charge in [-0.15, -0.1) is 0 Å². The van der Waals surface area contributed by atoms with Gasteiger partial charge >= 0.3 is 0 Å². The normalized spacial score (nSPS) is 11.9. The highest BCUT2D eigenvalue weighted by Gasteiger charge is 2.18. The van der Waals surface area contributed by atoms with Gasteiger partial charge in [0.2, 0.25) is 0 Å². The lowest BCUT2D eigenvalue weighted by Gasteiger charge is -2.13. The van der Waals surface area contributed by atoms with Gasteiger partial charge in [0.15, 0.2) is 5.65 Å². The zero-order valence-electron chi connectivity index (χ0n) is 17.6. The molecule has 1 N–H and O–H groups in total. The molecule has 5 heteroatoms. The lowest BCUT2D eigenvalue weighted by molar-refractivity contribution is 0.0941. The van der Waals surface area contributed by atoms with Gasteiger partial charge in [0.05, 0.1) is 17.9 Å². The first-order valence-electron chi connectivity index (χ1n) is 10.5. The minimum atomic E-state index is -0.194. The van der Waals surface area contributed by atoms with Gasteiger partial charge < -0.3 is 5.32 Å². The first-order chi connectivity index (χ1) is 15.7. The summed E-state index contributed by atoms with van der Waals surface area (Å²) in [5.41, 5.74) is 6.24. The highest BCUT2D eigenvalue weighted by molar-refractivity contribution is 6.00. The zero-order valence-corrected chi connectivity index (χ0v) is 17.6. The largest absolute Gasteiger partial charge is 0.345 e. The summed E-state index contributed by atoms with van der Waals surface area (Å²) in [6, 6.07) is 30.2. The monoisotopic (exact) mass is 418 g/mol. The van der Waals surface area contributed by atoms with Crippen LogP contribution in [-0.4, -0.2) is 20.5 Å². The Bertz CT molecular complexity index is 1360. The van der Waals surface area contributed by atoms with Crippen LogP contribution in [0.25, 0.3) is 28.0 Å². The molecule has 5 aromatic rings. The van der Waals surface area contributed by atoms with Gasteiger partial charge in [-0.1, -0.05) is 84.9 Å². The van der Waals surface area contributed by atoms with Crippen molar-refractivity contribution in [2.75, 3.05) is 0 Å². The fourth-order valence-corrected chi connectivity index (χ4v) is 3.83. The molecule has 2 heterocycles. The third-order valence-electron chi connectivity index (χ3n) is 5.58. The van der Waals surface area contributed by atoms with Crippen molar-refractivity contribution in [2.24, 2.45) is 0 Å². The van der Waals surface area contributed by atoms with Crippen molar-refractivity contribution in [1.82, 2.24) is 19.9 Å². The molecular formula is C27H22N4O. The van der Waals surface area contributed by atoms with Gasteiger partial charge in [-0.3, -0.25) is 4.79 Å². The van der Waals surface area contributed by atoms with E-state index in [-0.39, 0.29) is 11.9 Å². The predicted molar refractivity (Wildman–Crippen MR) is 126 cm³/mol. The van der Waals surface area contributed by atoms with E-state index in [1.54, 1.807) is 16.9 Å². The molecule has 0 radical (unpaired) electrons. The van der Waals surface area contributed by atoms with Crippen molar-refractivity contribution in [1.29, 1.82) is 0 Å². The molecule has 2 aromatic heterocycles. The minimum absolute atomic E-state index is 0.118. The maximum absolute atomic E-state index is 12.9. The summed E-state index contributed by atoms with van der Waals surface area (Å²) in [5.74, 6) is -0.194. The quantitative estimate of drug-likeness (QED) is 0.407. The summed E-state index contributed by atoms with van der Waals surface area (Å²) in [4.78, 5) is 17.4. The van der Waals surface area contributed by atoms with Gasteiger partial charge in [0.1, 0.15) is 5.56 Å².